The summed E-state index contributed by atoms with van der Waals surface area (Å²) in [6.45, 7) is 0. The van der Waals surface area contributed by atoms with Gasteiger partial charge >= 0.3 is 0 Å². The van der Waals surface area contributed by atoms with Gasteiger partial charge in [-0.1, -0.05) is 66.8 Å². The van der Waals surface area contributed by atoms with Crippen LogP contribution < -0.4 is 0 Å². The topological polar surface area (TPSA) is 20.2 Å². The predicted molar refractivity (Wildman–Crippen MR) is 87.2 cm³/mol. The SMILES string of the molecule is O[C@]1(c2ccc(F)cc2)C2[C@H]3C=CC1(c1ccccc1)C=C[C@@H]23. The molecule has 0 spiro atoms. The molecule has 2 unspecified atom stereocenters. The second-order valence-corrected chi connectivity index (χ2v) is 6.91. The summed E-state index contributed by atoms with van der Waals surface area (Å²) in [6, 6.07) is 16.5. The zero-order valence-electron chi connectivity index (χ0n) is 12.6. The van der Waals surface area contributed by atoms with Crippen molar-refractivity contribution in [1.82, 2.24) is 0 Å². The van der Waals surface area contributed by atoms with Gasteiger partial charge in [0.2, 0.25) is 0 Å². The van der Waals surface area contributed by atoms with Gasteiger partial charge < -0.3 is 5.11 Å². The summed E-state index contributed by atoms with van der Waals surface area (Å²) in [5.74, 6) is 0.676. The monoisotopic (exact) mass is 304 g/mol. The average molecular weight is 304 g/mol. The van der Waals surface area contributed by atoms with Crippen LogP contribution in [0.25, 0.3) is 0 Å². The summed E-state index contributed by atoms with van der Waals surface area (Å²) in [4.78, 5) is 0. The first-order valence-corrected chi connectivity index (χ1v) is 8.09. The van der Waals surface area contributed by atoms with Crippen LogP contribution in [0.15, 0.2) is 78.9 Å². The van der Waals surface area contributed by atoms with E-state index in [1.807, 2.05) is 18.2 Å². The molecule has 0 radical (unpaired) electrons. The van der Waals surface area contributed by atoms with E-state index in [0.717, 1.165) is 11.1 Å². The first kappa shape index (κ1) is 13.3. The zero-order chi connectivity index (χ0) is 15.7. The standard InChI is InChI=1S/C21H17FO/c22-16-8-6-15(7-9-16)21(23)19-17-10-12-20(21,13-11-18(17)19)14-4-2-1-3-5-14/h1-13,17-19,23H/t17-,18+,19?,20?,21-/m1/s1. The summed E-state index contributed by atoms with van der Waals surface area (Å²) in [6.07, 6.45) is 8.80. The van der Waals surface area contributed by atoms with Gasteiger partial charge in [-0.25, -0.2) is 4.39 Å². The smallest absolute Gasteiger partial charge is 0.123 e. The number of rotatable bonds is 2. The third-order valence-electron chi connectivity index (χ3n) is 5.94. The van der Waals surface area contributed by atoms with Gasteiger partial charge in [-0.15, -0.1) is 0 Å². The fourth-order valence-corrected chi connectivity index (χ4v) is 4.79. The van der Waals surface area contributed by atoms with Gasteiger partial charge in [0.15, 0.2) is 0 Å². The Morgan fingerprint density at radius 1 is 0.783 bits per heavy atom. The fourth-order valence-electron chi connectivity index (χ4n) is 4.79. The lowest BCUT2D eigenvalue weighted by molar-refractivity contribution is -0.0428. The van der Waals surface area contributed by atoms with Crippen LogP contribution in [0.1, 0.15) is 11.1 Å². The van der Waals surface area contributed by atoms with Gasteiger partial charge in [0, 0.05) is 5.92 Å². The molecular weight excluding hydrogens is 287 g/mol. The molecule has 1 N–H and O–H groups in total. The Labute approximate surface area is 134 Å². The van der Waals surface area contributed by atoms with Crippen LogP contribution in [0.3, 0.4) is 0 Å². The Bertz CT molecular complexity index is 801. The summed E-state index contributed by atoms with van der Waals surface area (Å²) in [7, 11) is 0. The van der Waals surface area contributed by atoms with E-state index in [0.29, 0.717) is 11.8 Å². The number of halogens is 1. The molecule has 0 heterocycles. The first-order valence-electron chi connectivity index (χ1n) is 8.09. The van der Waals surface area contributed by atoms with Gasteiger partial charge in [0.25, 0.3) is 0 Å². The highest BCUT2D eigenvalue weighted by Crippen LogP contribution is 2.70. The second-order valence-electron chi connectivity index (χ2n) is 6.91. The molecular formula is C21H17FO. The Morgan fingerprint density at radius 3 is 2.00 bits per heavy atom. The van der Waals surface area contributed by atoms with Crippen LogP contribution in [0, 0.1) is 23.6 Å². The Hall–Kier alpha value is -2.19. The summed E-state index contributed by atoms with van der Waals surface area (Å²) >= 11 is 0. The number of hydrogen-bond donors (Lipinski definition) is 1. The lowest BCUT2D eigenvalue weighted by Crippen LogP contribution is -2.51. The Morgan fingerprint density at radius 2 is 1.39 bits per heavy atom. The number of hydrogen-bond acceptors (Lipinski definition) is 1. The molecule has 0 aromatic heterocycles. The van der Waals surface area contributed by atoms with Crippen LogP contribution in [0.4, 0.5) is 4.39 Å². The van der Waals surface area contributed by atoms with E-state index in [-0.39, 0.29) is 11.7 Å². The van der Waals surface area contributed by atoms with E-state index < -0.39 is 11.0 Å². The minimum absolute atomic E-state index is 0.170. The molecule has 2 bridgehead atoms. The lowest BCUT2D eigenvalue weighted by atomic mass is 9.58. The van der Waals surface area contributed by atoms with Crippen molar-refractivity contribution >= 4 is 0 Å². The van der Waals surface area contributed by atoms with Crippen molar-refractivity contribution in [3.63, 3.8) is 0 Å². The molecule has 2 aromatic rings. The van der Waals surface area contributed by atoms with Gasteiger partial charge in [-0.05, 0) is 35.1 Å². The van der Waals surface area contributed by atoms with E-state index in [1.165, 1.54) is 12.1 Å². The van der Waals surface area contributed by atoms with Gasteiger partial charge in [-0.3, -0.25) is 0 Å². The van der Waals surface area contributed by atoms with Crippen molar-refractivity contribution in [2.45, 2.75) is 11.0 Å². The van der Waals surface area contributed by atoms with Gasteiger partial charge in [-0.2, -0.15) is 0 Å². The van der Waals surface area contributed by atoms with E-state index in [4.69, 9.17) is 0 Å². The van der Waals surface area contributed by atoms with Crippen LogP contribution in [0.2, 0.25) is 0 Å². The molecule has 1 nitrogen and oxygen atoms in total. The first-order chi connectivity index (χ1) is 11.2. The number of aliphatic hydroxyl groups is 1. The normalized spacial score (nSPS) is 39.3. The Kier molecular flexibility index (Phi) is 2.43. The maximum Gasteiger partial charge on any atom is 0.123 e. The second kappa shape index (κ2) is 4.21. The molecule has 2 aromatic carbocycles. The molecule has 5 rings (SSSR count). The number of fused-ring (bicyclic) bond motifs is 2. The van der Waals surface area contributed by atoms with E-state index in [2.05, 4.69) is 36.4 Å². The summed E-state index contributed by atoms with van der Waals surface area (Å²) in [5, 5.41) is 11.9. The molecule has 114 valence electrons. The highest BCUT2D eigenvalue weighted by Gasteiger charge is 2.70. The lowest BCUT2D eigenvalue weighted by Gasteiger charge is -2.48. The molecule has 2 heteroatoms. The van der Waals surface area contributed by atoms with Crippen molar-refractivity contribution in [1.29, 1.82) is 0 Å². The Balaban J connectivity index is 1.78. The van der Waals surface area contributed by atoms with Crippen LogP contribution in [-0.2, 0) is 11.0 Å². The van der Waals surface area contributed by atoms with E-state index in [1.54, 1.807) is 12.1 Å². The third-order valence-corrected chi connectivity index (χ3v) is 5.94. The summed E-state index contributed by atoms with van der Waals surface area (Å²) in [5.41, 5.74) is 0.262. The number of allylic oxidation sites excluding steroid dienone is 2. The van der Waals surface area contributed by atoms with Crippen LogP contribution in [-0.4, -0.2) is 5.11 Å². The van der Waals surface area contributed by atoms with Gasteiger partial charge in [0.05, 0.1) is 5.41 Å². The third kappa shape index (κ3) is 1.50. The van der Waals surface area contributed by atoms with E-state index in [9.17, 15) is 9.50 Å². The van der Waals surface area contributed by atoms with Crippen molar-refractivity contribution in [3.05, 3.63) is 95.8 Å². The quantitative estimate of drug-likeness (QED) is 0.833. The summed E-state index contributed by atoms with van der Waals surface area (Å²) < 4.78 is 13.4. The molecule has 23 heavy (non-hydrogen) atoms. The minimum Gasteiger partial charge on any atom is -0.383 e. The fraction of sp³-hybridized carbons (Fsp3) is 0.238. The average Bonchev–Trinajstić information content (AvgIpc) is 3.33. The van der Waals surface area contributed by atoms with Crippen molar-refractivity contribution < 1.29 is 9.50 Å². The van der Waals surface area contributed by atoms with Crippen LogP contribution in [0.5, 0.6) is 0 Å². The van der Waals surface area contributed by atoms with Crippen molar-refractivity contribution in [3.8, 4) is 0 Å². The van der Waals surface area contributed by atoms with Gasteiger partial charge in [0.1, 0.15) is 11.4 Å². The van der Waals surface area contributed by atoms with Crippen molar-refractivity contribution in [2.75, 3.05) is 0 Å². The van der Waals surface area contributed by atoms with E-state index >= 15 is 0 Å². The molecule has 1 fully saturated rings. The van der Waals surface area contributed by atoms with Crippen LogP contribution >= 0.6 is 0 Å². The maximum absolute atomic E-state index is 13.4. The molecule has 1 saturated carbocycles. The zero-order valence-corrected chi connectivity index (χ0v) is 12.6. The largest absolute Gasteiger partial charge is 0.383 e. The molecule has 3 aliphatic rings. The highest BCUT2D eigenvalue weighted by atomic mass is 19.1. The molecule has 3 aliphatic carbocycles. The van der Waals surface area contributed by atoms with Crippen molar-refractivity contribution in [2.24, 2.45) is 17.8 Å². The predicted octanol–water partition coefficient (Wildman–Crippen LogP) is 3.95. The number of benzene rings is 2. The molecule has 0 amide bonds. The maximum atomic E-state index is 13.4. The molecule has 0 aliphatic heterocycles. The highest BCUT2D eigenvalue weighted by molar-refractivity contribution is 5.54. The molecule has 5 atom stereocenters. The minimum atomic E-state index is -1.03. The molecule has 0 saturated heterocycles.